The fraction of sp³-hybridized carbons (Fsp3) is 0.857. The van der Waals surface area contributed by atoms with Crippen molar-refractivity contribution in [2.45, 2.75) is 57.9 Å². The summed E-state index contributed by atoms with van der Waals surface area (Å²) in [5, 5.41) is 12.3. The minimum atomic E-state index is -0.616. The Kier molecular flexibility index (Phi) is 6.14. The molecule has 4 nitrogen and oxygen atoms in total. The largest absolute Gasteiger partial charge is 0.338 e. The van der Waals surface area contributed by atoms with E-state index in [2.05, 4.69) is 30.1 Å². The van der Waals surface area contributed by atoms with Crippen molar-refractivity contribution in [3.63, 3.8) is 0 Å². The van der Waals surface area contributed by atoms with E-state index in [1.807, 2.05) is 0 Å². The maximum Gasteiger partial charge on any atom is 0.221 e. The second kappa shape index (κ2) is 7.38. The quantitative estimate of drug-likeness (QED) is 0.735. The molecular weight excluding hydrogens is 226 g/mol. The van der Waals surface area contributed by atoms with Gasteiger partial charge in [-0.3, -0.25) is 4.79 Å². The molecule has 0 aromatic heterocycles. The van der Waals surface area contributed by atoms with Crippen LogP contribution in [-0.2, 0) is 4.79 Å². The van der Waals surface area contributed by atoms with Crippen LogP contribution >= 0.6 is 0 Å². The van der Waals surface area contributed by atoms with E-state index in [0.717, 1.165) is 51.7 Å². The minimum Gasteiger partial charge on any atom is -0.338 e. The molecule has 0 atom stereocenters. The summed E-state index contributed by atoms with van der Waals surface area (Å²) in [5.41, 5.74) is -0.616. The molecule has 1 aliphatic rings. The summed E-state index contributed by atoms with van der Waals surface area (Å²) in [4.78, 5) is 14.1. The Labute approximate surface area is 110 Å². The average Bonchev–Trinajstić information content (AvgIpc) is 2.40. The lowest BCUT2D eigenvalue weighted by molar-refractivity contribution is -0.123. The number of nitrogens with zero attached hydrogens (tertiary/aromatic N) is 2. The van der Waals surface area contributed by atoms with Gasteiger partial charge in [-0.15, -0.1) is 0 Å². The van der Waals surface area contributed by atoms with Gasteiger partial charge in [-0.05, 0) is 25.8 Å². The molecule has 1 amide bonds. The topological polar surface area (TPSA) is 56.1 Å². The summed E-state index contributed by atoms with van der Waals surface area (Å²) in [6, 6.07) is 2.32. The van der Waals surface area contributed by atoms with Gasteiger partial charge in [0.05, 0.1) is 6.07 Å². The van der Waals surface area contributed by atoms with E-state index in [1.54, 1.807) is 0 Å². The molecule has 0 spiro atoms. The molecule has 0 saturated carbocycles. The van der Waals surface area contributed by atoms with Gasteiger partial charge in [0, 0.05) is 19.5 Å². The number of hydrogen-bond acceptors (Lipinski definition) is 3. The zero-order valence-electron chi connectivity index (χ0n) is 11.7. The van der Waals surface area contributed by atoms with Crippen LogP contribution in [0.5, 0.6) is 0 Å². The van der Waals surface area contributed by atoms with Crippen LogP contribution in [0.3, 0.4) is 0 Å². The first-order valence-corrected chi connectivity index (χ1v) is 7.10. The number of carbonyl (C=O) groups is 1. The van der Waals surface area contributed by atoms with E-state index in [-0.39, 0.29) is 5.91 Å². The molecule has 0 unspecified atom stereocenters. The second-order valence-electron chi connectivity index (χ2n) is 5.13. The third kappa shape index (κ3) is 4.30. The molecule has 102 valence electrons. The van der Waals surface area contributed by atoms with Crippen LogP contribution in [0.15, 0.2) is 0 Å². The average molecular weight is 251 g/mol. The predicted molar refractivity (Wildman–Crippen MR) is 72.0 cm³/mol. The Morgan fingerprint density at radius 2 is 2.00 bits per heavy atom. The zero-order valence-corrected chi connectivity index (χ0v) is 11.7. The Morgan fingerprint density at radius 3 is 2.50 bits per heavy atom. The molecule has 0 aromatic carbocycles. The van der Waals surface area contributed by atoms with Crippen LogP contribution < -0.4 is 5.32 Å². The van der Waals surface area contributed by atoms with Crippen LogP contribution in [0.1, 0.15) is 52.4 Å². The number of likely N-dealkylation sites (tertiary alicyclic amines) is 1. The van der Waals surface area contributed by atoms with Crippen molar-refractivity contribution < 1.29 is 4.79 Å². The van der Waals surface area contributed by atoms with Crippen molar-refractivity contribution in [1.82, 2.24) is 10.2 Å². The summed E-state index contributed by atoms with van der Waals surface area (Å²) in [7, 11) is 0. The molecule has 0 aliphatic carbocycles. The molecule has 1 saturated heterocycles. The lowest BCUT2D eigenvalue weighted by Crippen LogP contribution is -2.54. The summed E-state index contributed by atoms with van der Waals surface area (Å²) in [6.07, 6.45) is 5.16. The molecular formula is C14H25N3O. The van der Waals surface area contributed by atoms with Gasteiger partial charge in [-0.2, -0.15) is 5.26 Å². The van der Waals surface area contributed by atoms with E-state index in [0.29, 0.717) is 6.42 Å². The number of nitriles is 1. The van der Waals surface area contributed by atoms with Crippen LogP contribution in [0, 0.1) is 11.3 Å². The van der Waals surface area contributed by atoms with Crippen molar-refractivity contribution in [1.29, 1.82) is 5.26 Å². The van der Waals surface area contributed by atoms with Gasteiger partial charge in [0.25, 0.3) is 0 Å². The van der Waals surface area contributed by atoms with Gasteiger partial charge < -0.3 is 10.2 Å². The molecule has 1 rings (SSSR count). The molecule has 0 radical (unpaired) electrons. The van der Waals surface area contributed by atoms with Crippen LogP contribution in [-0.4, -0.2) is 36.0 Å². The van der Waals surface area contributed by atoms with Crippen LogP contribution in [0.25, 0.3) is 0 Å². The lowest BCUT2D eigenvalue weighted by Gasteiger charge is -2.37. The molecule has 0 aromatic rings. The first kappa shape index (κ1) is 15.0. The number of amides is 1. The van der Waals surface area contributed by atoms with Crippen molar-refractivity contribution in [3.05, 3.63) is 0 Å². The zero-order chi connectivity index (χ0) is 13.4. The molecule has 1 N–H and O–H groups in total. The molecule has 1 fully saturated rings. The third-order valence-electron chi connectivity index (χ3n) is 3.76. The highest BCUT2D eigenvalue weighted by Gasteiger charge is 2.35. The molecule has 1 heterocycles. The second-order valence-corrected chi connectivity index (χ2v) is 5.13. The number of carbonyl (C=O) groups excluding carboxylic acids is 1. The highest BCUT2D eigenvalue weighted by molar-refractivity contribution is 5.77. The van der Waals surface area contributed by atoms with E-state index in [9.17, 15) is 10.1 Å². The molecule has 0 bridgehead atoms. The fourth-order valence-electron chi connectivity index (χ4n) is 2.38. The van der Waals surface area contributed by atoms with Crippen LogP contribution in [0.4, 0.5) is 0 Å². The van der Waals surface area contributed by atoms with Gasteiger partial charge in [0.1, 0.15) is 5.54 Å². The van der Waals surface area contributed by atoms with Gasteiger partial charge in [0.2, 0.25) is 5.91 Å². The predicted octanol–water partition coefficient (Wildman–Crippen LogP) is 2.06. The molecule has 1 aliphatic heterocycles. The maximum absolute atomic E-state index is 11.8. The molecule has 18 heavy (non-hydrogen) atoms. The summed E-state index contributed by atoms with van der Waals surface area (Å²) in [5.74, 6) is 0.0370. The Balaban J connectivity index is 2.42. The smallest absolute Gasteiger partial charge is 0.221 e. The lowest BCUT2D eigenvalue weighted by atomic mass is 9.88. The van der Waals surface area contributed by atoms with Crippen molar-refractivity contribution >= 4 is 5.91 Å². The first-order valence-electron chi connectivity index (χ1n) is 7.10. The van der Waals surface area contributed by atoms with Crippen molar-refractivity contribution in [3.8, 4) is 6.07 Å². The number of piperidine rings is 1. The Bertz CT molecular complexity index is 301. The summed E-state index contributed by atoms with van der Waals surface area (Å²) >= 11 is 0. The van der Waals surface area contributed by atoms with Gasteiger partial charge >= 0.3 is 0 Å². The maximum atomic E-state index is 11.8. The van der Waals surface area contributed by atoms with E-state index >= 15 is 0 Å². The highest BCUT2D eigenvalue weighted by Crippen LogP contribution is 2.21. The summed E-state index contributed by atoms with van der Waals surface area (Å²) in [6.45, 7) is 7.07. The number of unbranched alkanes of at least 4 members (excludes halogenated alkanes) is 2. The third-order valence-corrected chi connectivity index (χ3v) is 3.76. The van der Waals surface area contributed by atoms with Crippen molar-refractivity contribution in [2.24, 2.45) is 0 Å². The standard InChI is InChI=1S/C14H25N3O/c1-3-5-6-7-13(18)16-14(12-15)8-10-17(4-2)11-9-14/h3-11H2,1-2H3,(H,16,18). The van der Waals surface area contributed by atoms with Crippen molar-refractivity contribution in [2.75, 3.05) is 19.6 Å². The monoisotopic (exact) mass is 251 g/mol. The van der Waals surface area contributed by atoms with Gasteiger partial charge in [-0.25, -0.2) is 0 Å². The highest BCUT2D eigenvalue weighted by atomic mass is 16.1. The van der Waals surface area contributed by atoms with Crippen LogP contribution in [0.2, 0.25) is 0 Å². The Hall–Kier alpha value is -1.08. The van der Waals surface area contributed by atoms with E-state index in [4.69, 9.17) is 0 Å². The fourth-order valence-corrected chi connectivity index (χ4v) is 2.38. The molecule has 4 heteroatoms. The van der Waals surface area contributed by atoms with E-state index < -0.39 is 5.54 Å². The van der Waals surface area contributed by atoms with Gasteiger partial charge in [0.15, 0.2) is 0 Å². The van der Waals surface area contributed by atoms with Gasteiger partial charge in [-0.1, -0.05) is 26.7 Å². The number of rotatable bonds is 6. The van der Waals surface area contributed by atoms with E-state index in [1.165, 1.54) is 0 Å². The number of hydrogen-bond donors (Lipinski definition) is 1. The Morgan fingerprint density at radius 1 is 1.33 bits per heavy atom. The normalized spacial score (nSPS) is 19.2. The number of nitrogens with one attached hydrogen (secondary N) is 1. The first-order chi connectivity index (χ1) is 8.65. The minimum absolute atomic E-state index is 0.0370. The summed E-state index contributed by atoms with van der Waals surface area (Å²) < 4.78 is 0. The SMILES string of the molecule is CCCCCC(=O)NC1(C#N)CCN(CC)CC1.